The first-order valence-corrected chi connectivity index (χ1v) is 6.57. The van der Waals surface area contributed by atoms with E-state index in [4.69, 9.17) is 0 Å². The average molecular weight is 280 g/mol. The van der Waals surface area contributed by atoms with Crippen LogP contribution in [0.4, 0.5) is 4.39 Å². The lowest BCUT2D eigenvalue weighted by Crippen LogP contribution is -1.99. The number of aromatic nitrogens is 2. The number of carbonyl (C=O) groups excluding carboxylic acids is 1. The first-order valence-electron chi connectivity index (χ1n) is 6.57. The minimum Gasteiger partial charge on any atom is -0.298 e. The van der Waals surface area contributed by atoms with E-state index >= 15 is 0 Å². The van der Waals surface area contributed by atoms with Crippen molar-refractivity contribution in [1.29, 1.82) is 0 Å². The number of halogens is 1. The van der Waals surface area contributed by atoms with E-state index in [0.29, 0.717) is 11.3 Å². The van der Waals surface area contributed by atoms with Crippen LogP contribution >= 0.6 is 0 Å². The van der Waals surface area contributed by atoms with E-state index < -0.39 is 0 Å². The minimum atomic E-state index is -0.303. The summed E-state index contributed by atoms with van der Waals surface area (Å²) in [6.07, 6.45) is 0.810. The molecule has 21 heavy (non-hydrogen) atoms. The highest BCUT2D eigenvalue weighted by molar-refractivity contribution is 5.87. The molecule has 104 valence electrons. The molecule has 0 spiro atoms. The highest BCUT2D eigenvalue weighted by Gasteiger charge is 2.16. The molecule has 0 unspecified atom stereocenters. The van der Waals surface area contributed by atoms with Crippen molar-refractivity contribution >= 4 is 6.29 Å². The fourth-order valence-corrected chi connectivity index (χ4v) is 2.30. The molecular weight excluding hydrogens is 267 g/mol. The summed E-state index contributed by atoms with van der Waals surface area (Å²) in [5, 5.41) is 4.51. The van der Waals surface area contributed by atoms with Crippen LogP contribution in [0.3, 0.4) is 0 Å². The van der Waals surface area contributed by atoms with Crippen LogP contribution in [0.5, 0.6) is 0 Å². The molecule has 2 aromatic carbocycles. The smallest absolute Gasteiger partial charge is 0.154 e. The van der Waals surface area contributed by atoms with Gasteiger partial charge in [0.15, 0.2) is 6.29 Å². The van der Waals surface area contributed by atoms with Gasteiger partial charge >= 0.3 is 0 Å². The number of hydrogen-bond acceptors (Lipinski definition) is 2. The van der Waals surface area contributed by atoms with Gasteiger partial charge < -0.3 is 0 Å². The summed E-state index contributed by atoms with van der Waals surface area (Å²) >= 11 is 0. The summed E-state index contributed by atoms with van der Waals surface area (Å²) in [5.74, 6) is -0.303. The molecule has 0 atom stereocenters. The summed E-state index contributed by atoms with van der Waals surface area (Å²) in [4.78, 5) is 11.4. The van der Waals surface area contributed by atoms with Crippen molar-refractivity contribution in [2.75, 3.05) is 0 Å². The Morgan fingerprint density at radius 2 is 1.71 bits per heavy atom. The molecule has 0 N–H and O–H groups in total. The van der Waals surface area contributed by atoms with E-state index in [0.717, 1.165) is 23.2 Å². The molecule has 0 radical (unpaired) electrons. The number of nitrogens with zero attached hydrogens (tertiary/aromatic N) is 2. The maximum Gasteiger partial charge on any atom is 0.154 e. The molecule has 1 aromatic heterocycles. The Labute approximate surface area is 121 Å². The molecule has 0 amide bonds. The van der Waals surface area contributed by atoms with Gasteiger partial charge in [-0.1, -0.05) is 30.3 Å². The van der Waals surface area contributed by atoms with E-state index in [2.05, 4.69) is 5.10 Å². The van der Waals surface area contributed by atoms with Crippen LogP contribution < -0.4 is 0 Å². The largest absolute Gasteiger partial charge is 0.298 e. The molecule has 0 bridgehead atoms. The number of carbonyl (C=O) groups is 1. The summed E-state index contributed by atoms with van der Waals surface area (Å²) in [5.41, 5.74) is 3.51. The molecule has 3 nitrogen and oxygen atoms in total. The van der Waals surface area contributed by atoms with Crippen molar-refractivity contribution in [1.82, 2.24) is 9.78 Å². The topological polar surface area (TPSA) is 34.9 Å². The number of rotatable bonds is 3. The van der Waals surface area contributed by atoms with Gasteiger partial charge in [0, 0.05) is 5.56 Å². The molecule has 0 aliphatic rings. The Hall–Kier alpha value is -2.75. The van der Waals surface area contributed by atoms with Crippen molar-refractivity contribution < 1.29 is 9.18 Å². The van der Waals surface area contributed by atoms with Gasteiger partial charge in [-0.25, -0.2) is 9.07 Å². The summed E-state index contributed by atoms with van der Waals surface area (Å²) in [6.45, 7) is 1.83. The molecule has 3 rings (SSSR count). The predicted molar refractivity (Wildman–Crippen MR) is 79.1 cm³/mol. The van der Waals surface area contributed by atoms with Crippen LogP contribution in [0.15, 0.2) is 54.6 Å². The molecule has 0 fully saturated rings. The standard InChI is InChI=1S/C17H13FN2O/c1-12-16(11-21)17(13-5-3-2-4-6-13)19-20(12)15-9-7-14(18)8-10-15/h2-11H,1H3. The number of hydrogen-bond donors (Lipinski definition) is 0. The normalized spacial score (nSPS) is 10.6. The van der Waals surface area contributed by atoms with Gasteiger partial charge in [-0.3, -0.25) is 4.79 Å². The summed E-state index contributed by atoms with van der Waals surface area (Å²) < 4.78 is 14.7. The molecule has 0 aliphatic heterocycles. The first-order chi connectivity index (χ1) is 10.2. The Bertz CT molecular complexity index is 777. The lowest BCUT2D eigenvalue weighted by Gasteiger charge is -2.03. The van der Waals surface area contributed by atoms with Gasteiger partial charge in [0.05, 0.1) is 16.9 Å². The zero-order valence-electron chi connectivity index (χ0n) is 11.5. The van der Waals surface area contributed by atoms with Crippen molar-refractivity contribution in [2.45, 2.75) is 6.92 Å². The minimum absolute atomic E-state index is 0.303. The zero-order valence-corrected chi connectivity index (χ0v) is 11.5. The van der Waals surface area contributed by atoms with Crippen LogP contribution in [-0.4, -0.2) is 16.1 Å². The lowest BCUT2D eigenvalue weighted by molar-refractivity contribution is 0.112. The summed E-state index contributed by atoms with van der Waals surface area (Å²) in [6, 6.07) is 15.5. The second-order valence-corrected chi connectivity index (χ2v) is 4.72. The second kappa shape index (κ2) is 5.32. The fourth-order valence-electron chi connectivity index (χ4n) is 2.30. The van der Waals surface area contributed by atoms with Crippen LogP contribution in [0.1, 0.15) is 16.1 Å². The molecule has 0 saturated carbocycles. The SMILES string of the molecule is Cc1c(C=O)c(-c2ccccc2)nn1-c1ccc(F)cc1. The predicted octanol–water partition coefficient (Wildman–Crippen LogP) is 3.80. The zero-order chi connectivity index (χ0) is 14.8. The molecule has 3 aromatic rings. The van der Waals surface area contributed by atoms with Crippen LogP contribution in [-0.2, 0) is 0 Å². The van der Waals surface area contributed by atoms with Gasteiger partial charge in [0.25, 0.3) is 0 Å². The van der Waals surface area contributed by atoms with Gasteiger partial charge in [0.1, 0.15) is 11.5 Å². The third kappa shape index (κ3) is 2.36. The van der Waals surface area contributed by atoms with Gasteiger partial charge in [-0.15, -0.1) is 0 Å². The summed E-state index contributed by atoms with van der Waals surface area (Å²) in [7, 11) is 0. The van der Waals surface area contributed by atoms with E-state index in [1.807, 2.05) is 37.3 Å². The molecule has 1 heterocycles. The Kier molecular flexibility index (Phi) is 3.36. The molecule has 0 aliphatic carbocycles. The molecule has 4 heteroatoms. The van der Waals surface area contributed by atoms with Crippen molar-refractivity contribution in [2.24, 2.45) is 0 Å². The van der Waals surface area contributed by atoms with Crippen molar-refractivity contribution in [3.05, 3.63) is 71.7 Å². The highest BCUT2D eigenvalue weighted by atomic mass is 19.1. The maximum atomic E-state index is 13.0. The van der Waals surface area contributed by atoms with Gasteiger partial charge in [-0.2, -0.15) is 5.10 Å². The van der Waals surface area contributed by atoms with Crippen LogP contribution in [0.25, 0.3) is 16.9 Å². The average Bonchev–Trinajstić information content (AvgIpc) is 2.86. The Balaban J connectivity index is 2.18. The Morgan fingerprint density at radius 1 is 1.05 bits per heavy atom. The van der Waals surface area contributed by atoms with Gasteiger partial charge in [0.2, 0.25) is 0 Å². The van der Waals surface area contributed by atoms with Gasteiger partial charge in [-0.05, 0) is 31.2 Å². The van der Waals surface area contributed by atoms with E-state index in [1.165, 1.54) is 12.1 Å². The molecule has 0 saturated heterocycles. The van der Waals surface area contributed by atoms with Crippen LogP contribution in [0.2, 0.25) is 0 Å². The quantitative estimate of drug-likeness (QED) is 0.684. The Morgan fingerprint density at radius 3 is 2.33 bits per heavy atom. The van der Waals surface area contributed by atoms with E-state index in [-0.39, 0.29) is 5.82 Å². The fraction of sp³-hybridized carbons (Fsp3) is 0.0588. The second-order valence-electron chi connectivity index (χ2n) is 4.72. The number of aldehydes is 1. The van der Waals surface area contributed by atoms with E-state index in [1.54, 1.807) is 16.8 Å². The molecular formula is C17H13FN2O. The third-order valence-electron chi connectivity index (χ3n) is 3.40. The number of benzene rings is 2. The maximum absolute atomic E-state index is 13.0. The first kappa shape index (κ1) is 13.2. The highest BCUT2D eigenvalue weighted by Crippen LogP contribution is 2.25. The van der Waals surface area contributed by atoms with E-state index in [9.17, 15) is 9.18 Å². The van der Waals surface area contributed by atoms with Crippen molar-refractivity contribution in [3.63, 3.8) is 0 Å². The monoisotopic (exact) mass is 280 g/mol. The third-order valence-corrected chi connectivity index (χ3v) is 3.40. The van der Waals surface area contributed by atoms with Crippen LogP contribution in [0, 0.1) is 12.7 Å². The lowest BCUT2D eigenvalue weighted by atomic mass is 10.1. The van der Waals surface area contributed by atoms with Crippen molar-refractivity contribution in [3.8, 4) is 16.9 Å².